The zero-order valence-electron chi connectivity index (χ0n) is 20.3. The smallest absolute Gasteiger partial charge is 0.254 e. The largest absolute Gasteiger partial charge is 0.392 e. The van der Waals surface area contributed by atoms with Gasteiger partial charge in [0.1, 0.15) is 22.8 Å². The first kappa shape index (κ1) is 24.5. The normalized spacial score (nSPS) is 15.0. The molecule has 2 heterocycles. The van der Waals surface area contributed by atoms with Crippen LogP contribution in [0, 0.1) is 0 Å². The monoisotopic (exact) mass is 480 g/mol. The van der Waals surface area contributed by atoms with E-state index in [9.17, 15) is 14.7 Å². The fourth-order valence-corrected chi connectivity index (χ4v) is 4.76. The third-order valence-electron chi connectivity index (χ3n) is 6.76. The number of primary amides is 1. The van der Waals surface area contributed by atoms with Crippen LogP contribution in [0.5, 0.6) is 0 Å². The van der Waals surface area contributed by atoms with Gasteiger partial charge in [-0.1, -0.05) is 37.1 Å². The number of nitrogen functional groups attached to an aromatic ring is 1. The minimum Gasteiger partial charge on any atom is -0.392 e. The molecule has 0 unspecified atom stereocenters. The molecule has 6 N–H and O–H groups in total. The van der Waals surface area contributed by atoms with Gasteiger partial charge in [0.05, 0.1) is 13.0 Å². The summed E-state index contributed by atoms with van der Waals surface area (Å²) in [5, 5.41) is 21.2. The maximum atomic E-state index is 12.7. The van der Waals surface area contributed by atoms with Crippen LogP contribution in [0.2, 0.25) is 0 Å². The predicted molar refractivity (Wildman–Crippen MR) is 132 cm³/mol. The van der Waals surface area contributed by atoms with Crippen molar-refractivity contribution in [1.29, 1.82) is 0 Å². The molecular weight excluding hydrogens is 448 g/mol. The number of carbonyl (C=O) groups excluding carboxylic acids is 2. The van der Waals surface area contributed by atoms with Gasteiger partial charge in [-0.15, -0.1) is 0 Å². The van der Waals surface area contributed by atoms with Crippen LogP contribution < -0.4 is 16.8 Å². The number of nitrogens with zero attached hydrogens (tertiary/aromatic N) is 3. The molecule has 35 heavy (non-hydrogen) atoms. The number of anilines is 2. The van der Waals surface area contributed by atoms with E-state index in [0.717, 1.165) is 31.4 Å². The molecule has 2 aromatic heterocycles. The lowest BCUT2D eigenvalue weighted by molar-refractivity contribution is -0.115. The van der Waals surface area contributed by atoms with Gasteiger partial charge in [-0.05, 0) is 43.9 Å². The molecule has 2 amide bonds. The van der Waals surface area contributed by atoms with Crippen molar-refractivity contribution in [1.82, 2.24) is 14.9 Å². The molecule has 1 fully saturated rings. The van der Waals surface area contributed by atoms with Gasteiger partial charge in [-0.3, -0.25) is 9.59 Å². The highest BCUT2D eigenvalue weighted by Crippen LogP contribution is 2.41. The lowest BCUT2D eigenvalue weighted by atomic mass is 9.86. The van der Waals surface area contributed by atoms with Gasteiger partial charge in [0.15, 0.2) is 5.82 Å². The molecule has 10 nitrogen and oxygen atoms in total. The molecular formula is C25H32N6O4. The summed E-state index contributed by atoms with van der Waals surface area (Å²) in [7, 11) is 0. The van der Waals surface area contributed by atoms with Crippen LogP contribution in [0.15, 0.2) is 28.8 Å². The highest BCUT2D eigenvalue weighted by molar-refractivity contribution is 6.03. The molecule has 1 aliphatic rings. The van der Waals surface area contributed by atoms with Crippen LogP contribution in [-0.2, 0) is 23.2 Å². The molecule has 0 radical (unpaired) electrons. The van der Waals surface area contributed by atoms with Crippen LogP contribution in [-0.4, -0.2) is 31.9 Å². The first-order chi connectivity index (χ1) is 16.6. The van der Waals surface area contributed by atoms with E-state index in [1.54, 1.807) is 24.3 Å². The minimum atomic E-state index is -0.683. The first-order valence-corrected chi connectivity index (χ1v) is 11.8. The van der Waals surface area contributed by atoms with E-state index >= 15 is 0 Å². The van der Waals surface area contributed by atoms with Crippen molar-refractivity contribution in [3.63, 3.8) is 0 Å². The van der Waals surface area contributed by atoms with Crippen molar-refractivity contribution in [2.75, 3.05) is 11.1 Å². The summed E-state index contributed by atoms with van der Waals surface area (Å²) in [6.07, 6.45) is 4.43. The zero-order chi connectivity index (χ0) is 25.3. The number of carbonyl (C=O) groups is 2. The Balaban J connectivity index is 1.54. The zero-order valence-corrected chi connectivity index (χ0v) is 20.3. The van der Waals surface area contributed by atoms with Gasteiger partial charge in [0.25, 0.3) is 5.91 Å². The number of rotatable bonds is 8. The number of aliphatic hydroxyl groups is 1. The van der Waals surface area contributed by atoms with Gasteiger partial charge in [-0.2, -0.15) is 5.10 Å². The number of aliphatic hydroxyl groups excluding tert-OH is 1. The summed E-state index contributed by atoms with van der Waals surface area (Å²) in [6, 6.07) is 6.87. The Bertz CT molecular complexity index is 1250. The Morgan fingerprint density at radius 1 is 1.23 bits per heavy atom. The summed E-state index contributed by atoms with van der Waals surface area (Å²) in [4.78, 5) is 24.8. The average molecular weight is 481 g/mol. The average Bonchev–Trinajstić information content (AvgIpc) is 3.53. The summed E-state index contributed by atoms with van der Waals surface area (Å²) >= 11 is 0. The third-order valence-corrected chi connectivity index (χ3v) is 6.76. The molecule has 0 spiro atoms. The van der Waals surface area contributed by atoms with Crippen LogP contribution in [0.25, 0.3) is 11.3 Å². The molecule has 0 bridgehead atoms. The molecule has 4 rings (SSSR count). The minimum absolute atomic E-state index is 0.0287. The highest BCUT2D eigenvalue weighted by atomic mass is 16.5. The van der Waals surface area contributed by atoms with Crippen molar-refractivity contribution < 1.29 is 19.2 Å². The van der Waals surface area contributed by atoms with Crippen LogP contribution in [0.1, 0.15) is 79.7 Å². The second-order valence-corrected chi connectivity index (χ2v) is 9.72. The molecule has 0 atom stereocenters. The maximum absolute atomic E-state index is 12.7. The van der Waals surface area contributed by atoms with E-state index in [2.05, 4.69) is 22.5 Å². The van der Waals surface area contributed by atoms with Gasteiger partial charge in [0.2, 0.25) is 5.91 Å². The van der Waals surface area contributed by atoms with Crippen LogP contribution >= 0.6 is 0 Å². The highest BCUT2D eigenvalue weighted by Gasteiger charge is 2.34. The van der Waals surface area contributed by atoms with Gasteiger partial charge in [-0.25, -0.2) is 4.68 Å². The predicted octanol–water partition coefficient (Wildman–Crippen LogP) is 3.31. The van der Waals surface area contributed by atoms with Crippen molar-refractivity contribution >= 4 is 23.5 Å². The summed E-state index contributed by atoms with van der Waals surface area (Å²) in [5.41, 5.74) is 13.9. The van der Waals surface area contributed by atoms with Crippen molar-refractivity contribution in [2.45, 2.75) is 70.9 Å². The number of nitrogens with two attached hydrogens (primary N) is 2. The Labute approximate surface area is 203 Å². The van der Waals surface area contributed by atoms with Gasteiger partial charge < -0.3 is 26.4 Å². The molecule has 3 aromatic rings. The number of benzene rings is 1. The summed E-state index contributed by atoms with van der Waals surface area (Å²) in [6.45, 7) is 5.65. The van der Waals surface area contributed by atoms with Crippen molar-refractivity contribution in [2.24, 2.45) is 5.73 Å². The molecule has 10 heteroatoms. The van der Waals surface area contributed by atoms with E-state index < -0.39 is 5.91 Å². The second kappa shape index (κ2) is 9.53. The van der Waals surface area contributed by atoms with E-state index in [0.29, 0.717) is 28.2 Å². The number of amides is 2. The quantitative estimate of drug-likeness (QED) is 0.384. The Hall–Kier alpha value is -3.66. The fourth-order valence-electron chi connectivity index (χ4n) is 4.76. The Morgan fingerprint density at radius 2 is 1.94 bits per heavy atom. The first-order valence-electron chi connectivity index (χ1n) is 11.8. The SMILES string of the molecule is CC(C)n1nc(-c2ccc(CC(=O)Nc3cc(C4(C)CCCC4)on3)c(CO)c2)c(C(N)=O)c1N. The number of hydrogen-bond acceptors (Lipinski definition) is 7. The molecule has 1 saturated carbocycles. The van der Waals surface area contributed by atoms with Crippen molar-refractivity contribution in [3.8, 4) is 11.3 Å². The second-order valence-electron chi connectivity index (χ2n) is 9.72. The topological polar surface area (TPSA) is 162 Å². The van der Waals surface area contributed by atoms with E-state index in [-0.39, 0.29) is 41.8 Å². The molecule has 1 aromatic carbocycles. The van der Waals surface area contributed by atoms with Gasteiger partial charge >= 0.3 is 0 Å². The standard InChI is InChI=1S/C25H32N6O4/c1-14(2)31-23(26)21(24(27)34)22(29-31)16-7-6-15(17(10-16)13-32)11-20(33)28-19-12-18(35-30-19)25(3)8-4-5-9-25/h6-7,10,12,14,32H,4-5,8-9,11,13,26H2,1-3H3,(H2,27,34)(H,28,30,33). The number of hydrogen-bond donors (Lipinski definition) is 4. The summed E-state index contributed by atoms with van der Waals surface area (Å²) < 4.78 is 7.04. The van der Waals surface area contributed by atoms with Crippen molar-refractivity contribution in [3.05, 3.63) is 46.7 Å². The molecule has 186 valence electrons. The molecule has 1 aliphatic carbocycles. The van der Waals surface area contributed by atoms with Crippen LogP contribution in [0.3, 0.4) is 0 Å². The summed E-state index contributed by atoms with van der Waals surface area (Å²) in [5.74, 6) is 0.388. The van der Waals surface area contributed by atoms with E-state index in [1.165, 1.54) is 4.68 Å². The maximum Gasteiger partial charge on any atom is 0.254 e. The van der Waals surface area contributed by atoms with Crippen LogP contribution in [0.4, 0.5) is 11.6 Å². The van der Waals surface area contributed by atoms with E-state index in [4.69, 9.17) is 16.0 Å². The lowest BCUT2D eigenvalue weighted by Crippen LogP contribution is -2.17. The fraction of sp³-hybridized carbons (Fsp3) is 0.440. The Kier molecular flexibility index (Phi) is 6.66. The Morgan fingerprint density at radius 3 is 2.57 bits per heavy atom. The molecule has 0 aliphatic heterocycles. The van der Waals surface area contributed by atoms with E-state index in [1.807, 2.05) is 13.8 Å². The lowest BCUT2D eigenvalue weighted by Gasteiger charge is -2.18. The third kappa shape index (κ3) is 4.79. The number of aromatic nitrogens is 3. The molecule has 0 saturated heterocycles. The van der Waals surface area contributed by atoms with Gasteiger partial charge in [0, 0.05) is 23.1 Å². The number of nitrogens with one attached hydrogen (secondary N) is 1.